The average molecular weight is 454 g/mol. The van der Waals surface area contributed by atoms with E-state index in [1.807, 2.05) is 10.5 Å². The van der Waals surface area contributed by atoms with Crippen LogP contribution in [0.4, 0.5) is 9.18 Å². The van der Waals surface area contributed by atoms with Crippen molar-refractivity contribution in [3.05, 3.63) is 59.5 Å². The van der Waals surface area contributed by atoms with Gasteiger partial charge in [0.05, 0.1) is 34.6 Å². The molecule has 3 heterocycles. The number of imidazole rings is 1. The number of amides is 2. The zero-order valence-corrected chi connectivity index (χ0v) is 17.8. The maximum absolute atomic E-state index is 15.0. The lowest BCUT2D eigenvalue weighted by Crippen LogP contribution is -2.30. The minimum Gasteiger partial charge on any atom is -0.465 e. The largest absolute Gasteiger partial charge is 0.465 e. The summed E-state index contributed by atoms with van der Waals surface area (Å²) in [5.74, 6) is -0.678. The highest BCUT2D eigenvalue weighted by Gasteiger charge is 2.35. The zero-order chi connectivity index (χ0) is 22.6. The number of halogens is 1. The number of aliphatic hydroxyl groups is 1. The van der Waals surface area contributed by atoms with Gasteiger partial charge in [0.25, 0.3) is 5.91 Å². The molecule has 2 atom stereocenters. The lowest BCUT2D eigenvalue weighted by atomic mass is 10.0. The van der Waals surface area contributed by atoms with Crippen LogP contribution in [0, 0.1) is 5.82 Å². The van der Waals surface area contributed by atoms with Gasteiger partial charge in [0.1, 0.15) is 5.82 Å². The molecule has 0 saturated carbocycles. The third-order valence-corrected chi connectivity index (χ3v) is 6.78. The van der Waals surface area contributed by atoms with Crippen LogP contribution >= 0.6 is 11.3 Å². The molecule has 5 rings (SSSR count). The van der Waals surface area contributed by atoms with E-state index >= 15 is 4.39 Å². The minimum atomic E-state index is -1.14. The highest BCUT2D eigenvalue weighted by atomic mass is 32.1. The molecule has 2 aromatic heterocycles. The number of β-amino-alcohol motifs (C(OH)–C–C–N with tert-alkyl or cyclic N) is 1. The molecule has 1 aliphatic heterocycles. The Morgan fingerprint density at radius 1 is 1.25 bits per heavy atom. The second-order valence-corrected chi connectivity index (χ2v) is 8.73. The smallest absolute Gasteiger partial charge is 0.407 e. The first-order valence-corrected chi connectivity index (χ1v) is 10.8. The molecular weight excluding hydrogens is 435 g/mol. The van der Waals surface area contributed by atoms with Gasteiger partial charge >= 0.3 is 6.09 Å². The van der Waals surface area contributed by atoms with Crippen LogP contribution in [0.2, 0.25) is 0 Å². The highest BCUT2D eigenvalue weighted by Crippen LogP contribution is 2.35. The number of aliphatic hydroxyl groups excluding tert-OH is 1. The van der Waals surface area contributed by atoms with Crippen LogP contribution in [-0.2, 0) is 0 Å². The number of nitrogens with one attached hydrogen (secondary N) is 1. The van der Waals surface area contributed by atoms with E-state index in [0.29, 0.717) is 27.3 Å². The number of rotatable bonds is 3. The summed E-state index contributed by atoms with van der Waals surface area (Å²) in [6.45, 7) is 0.00932. The molecule has 32 heavy (non-hydrogen) atoms. The van der Waals surface area contributed by atoms with Gasteiger partial charge in [-0.15, -0.1) is 0 Å². The van der Waals surface area contributed by atoms with Gasteiger partial charge in [-0.1, -0.05) is 17.4 Å². The predicted octanol–water partition coefficient (Wildman–Crippen LogP) is 3.50. The van der Waals surface area contributed by atoms with Gasteiger partial charge in [-0.25, -0.2) is 14.2 Å². The average Bonchev–Trinajstić information content (AvgIpc) is 3.44. The number of aromatic nitrogens is 2. The molecule has 2 aromatic carbocycles. The minimum absolute atomic E-state index is 0.00932. The Labute approximate surface area is 185 Å². The lowest BCUT2D eigenvalue weighted by molar-refractivity contribution is 0.0963. The molecule has 0 unspecified atom stereocenters. The summed E-state index contributed by atoms with van der Waals surface area (Å²) < 4.78 is 17.8. The van der Waals surface area contributed by atoms with E-state index in [0.717, 1.165) is 15.1 Å². The van der Waals surface area contributed by atoms with Gasteiger partial charge in [-0.05, 0) is 42.3 Å². The Balaban J connectivity index is 1.50. The molecule has 3 N–H and O–H groups in total. The highest BCUT2D eigenvalue weighted by molar-refractivity contribution is 7.23. The van der Waals surface area contributed by atoms with E-state index in [2.05, 4.69) is 10.3 Å². The van der Waals surface area contributed by atoms with E-state index in [1.165, 1.54) is 17.4 Å². The second kappa shape index (κ2) is 7.57. The maximum atomic E-state index is 15.0. The molecule has 8 nitrogen and oxygen atoms in total. The summed E-state index contributed by atoms with van der Waals surface area (Å²) in [6, 6.07) is 9.36. The topological polar surface area (TPSA) is 107 Å². The summed E-state index contributed by atoms with van der Waals surface area (Å²) >= 11 is 1.40. The fourth-order valence-electron chi connectivity index (χ4n) is 4.20. The molecule has 10 heteroatoms. The van der Waals surface area contributed by atoms with Crippen molar-refractivity contribution in [3.63, 3.8) is 0 Å². The number of benzene rings is 2. The van der Waals surface area contributed by atoms with E-state index in [9.17, 15) is 19.8 Å². The number of likely N-dealkylation sites (tertiary alicyclic amines) is 1. The van der Waals surface area contributed by atoms with Crippen LogP contribution in [0.5, 0.6) is 0 Å². The number of carboxylic acid groups (broad SMARTS) is 1. The van der Waals surface area contributed by atoms with Crippen LogP contribution in [0.3, 0.4) is 0 Å². The molecular formula is C22H19FN4O4S. The number of hydrogen-bond donors (Lipinski definition) is 3. The van der Waals surface area contributed by atoms with Crippen molar-refractivity contribution in [1.82, 2.24) is 19.6 Å². The summed E-state index contributed by atoms with van der Waals surface area (Å²) in [5.41, 5.74) is 2.68. The van der Waals surface area contributed by atoms with Crippen LogP contribution in [-0.4, -0.2) is 56.2 Å². The molecule has 2 amide bonds. The second-order valence-electron chi connectivity index (χ2n) is 7.72. The van der Waals surface area contributed by atoms with Gasteiger partial charge in [0.15, 0.2) is 4.96 Å². The van der Waals surface area contributed by atoms with E-state index in [1.54, 1.807) is 37.5 Å². The van der Waals surface area contributed by atoms with Crippen molar-refractivity contribution >= 4 is 38.5 Å². The zero-order valence-electron chi connectivity index (χ0n) is 16.9. The monoisotopic (exact) mass is 454 g/mol. The summed E-state index contributed by atoms with van der Waals surface area (Å²) in [6.07, 6.45) is 0.0668. The van der Waals surface area contributed by atoms with Crippen molar-refractivity contribution in [3.8, 4) is 11.3 Å². The molecule has 0 bridgehead atoms. The molecule has 1 saturated heterocycles. The number of hydrogen-bond acceptors (Lipinski definition) is 5. The first-order valence-electron chi connectivity index (χ1n) is 9.97. The lowest BCUT2D eigenvalue weighted by Gasteiger charge is -2.21. The Bertz CT molecular complexity index is 1380. The van der Waals surface area contributed by atoms with Crippen molar-refractivity contribution in [2.45, 2.75) is 18.6 Å². The number of thiazole rings is 1. The van der Waals surface area contributed by atoms with Crippen LogP contribution < -0.4 is 5.32 Å². The summed E-state index contributed by atoms with van der Waals surface area (Å²) in [5, 5.41) is 21.8. The van der Waals surface area contributed by atoms with Crippen LogP contribution in [0.15, 0.2) is 42.6 Å². The summed E-state index contributed by atoms with van der Waals surface area (Å²) in [7, 11) is 1.58. The Morgan fingerprint density at radius 2 is 2.06 bits per heavy atom. The van der Waals surface area contributed by atoms with Crippen molar-refractivity contribution in [2.24, 2.45) is 0 Å². The van der Waals surface area contributed by atoms with Crippen molar-refractivity contribution in [2.75, 3.05) is 13.6 Å². The van der Waals surface area contributed by atoms with Crippen molar-refractivity contribution in [1.29, 1.82) is 0 Å². The number of carbonyl (C=O) groups is 2. The van der Waals surface area contributed by atoms with Gasteiger partial charge in [-0.2, -0.15) is 0 Å². The molecule has 0 aliphatic carbocycles. The van der Waals surface area contributed by atoms with Gasteiger partial charge in [0.2, 0.25) is 0 Å². The van der Waals surface area contributed by atoms with Crippen LogP contribution in [0.25, 0.3) is 26.4 Å². The third-order valence-electron chi connectivity index (χ3n) is 5.76. The Hall–Kier alpha value is -3.50. The summed E-state index contributed by atoms with van der Waals surface area (Å²) in [4.78, 5) is 29.7. The van der Waals surface area contributed by atoms with Gasteiger partial charge in [0, 0.05) is 24.4 Å². The Kier molecular flexibility index (Phi) is 4.83. The normalized spacial score (nSPS) is 18.5. The molecule has 0 spiro atoms. The van der Waals surface area contributed by atoms with E-state index < -0.39 is 24.1 Å². The SMILES string of the molecule is CNC(=O)c1ccc2c(c1)sc1nc(-c3ccc([C@H]4C[C@H](O)CN4C(=O)O)cc3F)cn12. The predicted molar refractivity (Wildman–Crippen MR) is 117 cm³/mol. The standard InChI is InChI=1S/C22H19FN4O4S/c1-24-20(29)12-3-5-17-19(7-12)32-21-25-16(10-26(17)21)14-4-2-11(6-15(14)23)18-8-13(28)9-27(18)22(30)31/h2-7,10,13,18,28H,8-9H2,1H3,(H,24,29)(H,30,31)/t13-,18+/m0/s1. The number of carbonyl (C=O) groups excluding carboxylic acids is 1. The molecule has 1 fully saturated rings. The Morgan fingerprint density at radius 3 is 2.78 bits per heavy atom. The van der Waals surface area contributed by atoms with Crippen LogP contribution in [0.1, 0.15) is 28.4 Å². The maximum Gasteiger partial charge on any atom is 0.407 e. The number of nitrogens with zero attached hydrogens (tertiary/aromatic N) is 3. The quantitative estimate of drug-likeness (QED) is 0.439. The fourth-order valence-corrected chi connectivity index (χ4v) is 5.25. The molecule has 4 aromatic rings. The van der Waals surface area contributed by atoms with Gasteiger partial charge < -0.3 is 15.5 Å². The first-order chi connectivity index (χ1) is 15.4. The van der Waals surface area contributed by atoms with E-state index in [4.69, 9.17) is 0 Å². The fraction of sp³-hybridized carbons (Fsp3) is 0.227. The van der Waals surface area contributed by atoms with Gasteiger partial charge in [-0.3, -0.25) is 14.1 Å². The van der Waals surface area contributed by atoms with Crippen molar-refractivity contribution < 1.29 is 24.2 Å². The molecule has 164 valence electrons. The number of fused-ring (bicyclic) bond motifs is 3. The third kappa shape index (κ3) is 3.28. The first kappa shape index (κ1) is 20.4. The molecule has 0 radical (unpaired) electrons. The van der Waals surface area contributed by atoms with E-state index in [-0.39, 0.29) is 18.9 Å². The molecule has 1 aliphatic rings.